The second-order valence-electron chi connectivity index (χ2n) is 7.52. The molecule has 1 fully saturated rings. The number of unbranched alkanes of at least 4 members (excludes halogenated alkanes) is 1. The molecule has 3 rings (SSSR count). The highest BCUT2D eigenvalue weighted by molar-refractivity contribution is 7.21. The van der Waals surface area contributed by atoms with E-state index < -0.39 is 0 Å². The number of thiazole rings is 1. The summed E-state index contributed by atoms with van der Waals surface area (Å²) < 4.78 is 0. The second-order valence-corrected chi connectivity index (χ2v) is 8.47. The monoisotopic (exact) mass is 403 g/mol. The van der Waals surface area contributed by atoms with Gasteiger partial charge in [0.2, 0.25) is 5.91 Å². The fourth-order valence-corrected chi connectivity index (χ4v) is 4.66. The molecule has 7 heteroatoms. The van der Waals surface area contributed by atoms with E-state index in [0.717, 1.165) is 67.5 Å². The average molecular weight is 404 g/mol. The molecule has 0 radical (unpaired) electrons. The number of fused-ring (bicyclic) bond motifs is 1. The van der Waals surface area contributed by atoms with E-state index in [4.69, 9.17) is 0 Å². The SMILES string of the molecule is CCCCN(CC)CCCNC(=O)C1CCN(c2nc3cccnc3s2)CC1. The van der Waals surface area contributed by atoms with Crippen molar-refractivity contribution in [2.45, 2.75) is 46.0 Å². The third kappa shape index (κ3) is 5.64. The van der Waals surface area contributed by atoms with E-state index in [1.165, 1.54) is 19.4 Å². The van der Waals surface area contributed by atoms with Crippen molar-refractivity contribution >= 4 is 32.7 Å². The molecule has 1 amide bonds. The zero-order valence-corrected chi connectivity index (χ0v) is 18.0. The van der Waals surface area contributed by atoms with Crippen LogP contribution in [0.1, 0.15) is 46.0 Å². The molecule has 0 atom stereocenters. The summed E-state index contributed by atoms with van der Waals surface area (Å²) in [5, 5.41) is 4.18. The number of nitrogens with one attached hydrogen (secondary N) is 1. The van der Waals surface area contributed by atoms with E-state index in [2.05, 4.69) is 38.9 Å². The predicted octanol–water partition coefficient (Wildman–Crippen LogP) is 3.54. The van der Waals surface area contributed by atoms with Gasteiger partial charge in [0.25, 0.3) is 0 Å². The Balaban J connectivity index is 1.37. The molecule has 0 unspecified atom stereocenters. The first kappa shape index (κ1) is 21.0. The molecule has 154 valence electrons. The van der Waals surface area contributed by atoms with Crippen LogP contribution in [0.2, 0.25) is 0 Å². The molecule has 28 heavy (non-hydrogen) atoms. The number of carbonyl (C=O) groups is 1. The molecule has 1 aliphatic rings. The second kappa shape index (κ2) is 10.7. The van der Waals surface area contributed by atoms with Gasteiger partial charge in [-0.2, -0.15) is 0 Å². The Kier molecular flexibility index (Phi) is 8.03. The summed E-state index contributed by atoms with van der Waals surface area (Å²) in [5.74, 6) is 0.355. The van der Waals surface area contributed by atoms with Crippen LogP contribution in [0, 0.1) is 5.92 Å². The van der Waals surface area contributed by atoms with E-state index >= 15 is 0 Å². The molecule has 0 saturated carbocycles. The van der Waals surface area contributed by atoms with Crippen LogP contribution in [-0.2, 0) is 4.79 Å². The first-order valence-corrected chi connectivity index (χ1v) is 11.5. The fourth-order valence-electron chi connectivity index (χ4n) is 3.69. The van der Waals surface area contributed by atoms with Crippen LogP contribution < -0.4 is 10.2 Å². The first-order valence-electron chi connectivity index (χ1n) is 10.7. The van der Waals surface area contributed by atoms with Gasteiger partial charge in [0, 0.05) is 31.7 Å². The lowest BCUT2D eigenvalue weighted by Gasteiger charge is -2.31. The van der Waals surface area contributed by atoms with Crippen LogP contribution in [0.25, 0.3) is 10.3 Å². The fraction of sp³-hybridized carbons (Fsp3) is 0.667. The molecule has 6 nitrogen and oxygen atoms in total. The van der Waals surface area contributed by atoms with Crippen LogP contribution in [0.3, 0.4) is 0 Å². The molecular weight excluding hydrogens is 370 g/mol. The summed E-state index contributed by atoms with van der Waals surface area (Å²) in [6.07, 6.45) is 7.12. The van der Waals surface area contributed by atoms with Gasteiger partial charge in [0.15, 0.2) is 5.13 Å². The van der Waals surface area contributed by atoms with Crippen molar-refractivity contribution in [1.82, 2.24) is 20.2 Å². The lowest BCUT2D eigenvalue weighted by Crippen LogP contribution is -2.41. The summed E-state index contributed by atoms with van der Waals surface area (Å²) in [6, 6.07) is 3.93. The van der Waals surface area contributed by atoms with Gasteiger partial charge in [-0.3, -0.25) is 4.79 Å². The number of amides is 1. The summed E-state index contributed by atoms with van der Waals surface area (Å²) in [6.45, 7) is 10.3. The van der Waals surface area contributed by atoms with Crippen molar-refractivity contribution in [3.8, 4) is 0 Å². The minimum Gasteiger partial charge on any atom is -0.356 e. The molecule has 2 aromatic heterocycles. The molecular formula is C21H33N5OS. The van der Waals surface area contributed by atoms with Gasteiger partial charge in [0.1, 0.15) is 10.3 Å². The molecule has 2 aromatic rings. The molecule has 1 N–H and O–H groups in total. The summed E-state index contributed by atoms with van der Waals surface area (Å²) in [5.41, 5.74) is 0.961. The summed E-state index contributed by atoms with van der Waals surface area (Å²) >= 11 is 1.64. The Morgan fingerprint density at radius 1 is 1.29 bits per heavy atom. The van der Waals surface area contributed by atoms with Crippen LogP contribution in [0.15, 0.2) is 18.3 Å². The number of rotatable bonds is 10. The van der Waals surface area contributed by atoms with E-state index in [1.54, 1.807) is 11.3 Å². The van der Waals surface area contributed by atoms with E-state index in [1.807, 2.05) is 18.3 Å². The molecule has 0 aromatic carbocycles. The maximum atomic E-state index is 12.5. The lowest BCUT2D eigenvalue weighted by molar-refractivity contribution is -0.125. The van der Waals surface area contributed by atoms with Crippen molar-refractivity contribution in [2.75, 3.05) is 44.2 Å². The largest absolute Gasteiger partial charge is 0.356 e. The van der Waals surface area contributed by atoms with Crippen LogP contribution >= 0.6 is 11.3 Å². The van der Waals surface area contributed by atoms with Crippen molar-refractivity contribution in [3.05, 3.63) is 18.3 Å². The van der Waals surface area contributed by atoms with Gasteiger partial charge in [-0.05, 0) is 57.5 Å². The zero-order valence-electron chi connectivity index (χ0n) is 17.2. The van der Waals surface area contributed by atoms with Gasteiger partial charge in [-0.25, -0.2) is 9.97 Å². The highest BCUT2D eigenvalue weighted by Gasteiger charge is 2.26. The van der Waals surface area contributed by atoms with E-state index in [0.29, 0.717) is 0 Å². The Labute approximate surface area is 172 Å². The maximum Gasteiger partial charge on any atom is 0.223 e. The van der Waals surface area contributed by atoms with Crippen LogP contribution in [0.5, 0.6) is 0 Å². The molecule has 1 saturated heterocycles. The van der Waals surface area contributed by atoms with E-state index in [-0.39, 0.29) is 11.8 Å². The molecule has 0 aliphatic carbocycles. The maximum absolute atomic E-state index is 12.5. The number of hydrogen-bond donors (Lipinski definition) is 1. The summed E-state index contributed by atoms with van der Waals surface area (Å²) in [4.78, 5) is 27.3. The van der Waals surface area contributed by atoms with E-state index in [9.17, 15) is 4.79 Å². The molecule has 0 bridgehead atoms. The summed E-state index contributed by atoms with van der Waals surface area (Å²) in [7, 11) is 0. The van der Waals surface area contributed by atoms with Crippen LogP contribution in [0.4, 0.5) is 5.13 Å². The average Bonchev–Trinajstić information content (AvgIpc) is 3.17. The van der Waals surface area contributed by atoms with Gasteiger partial charge in [-0.15, -0.1) is 0 Å². The minimum absolute atomic E-state index is 0.131. The number of hydrogen-bond acceptors (Lipinski definition) is 6. The number of aromatic nitrogens is 2. The Morgan fingerprint density at radius 3 is 2.79 bits per heavy atom. The predicted molar refractivity (Wildman–Crippen MR) is 117 cm³/mol. The van der Waals surface area contributed by atoms with Gasteiger partial charge in [-0.1, -0.05) is 31.6 Å². The first-order chi connectivity index (χ1) is 13.7. The Morgan fingerprint density at radius 2 is 2.07 bits per heavy atom. The normalized spacial score (nSPS) is 15.5. The number of carbonyl (C=O) groups excluding carboxylic acids is 1. The zero-order chi connectivity index (χ0) is 19.8. The number of nitrogens with zero attached hydrogens (tertiary/aromatic N) is 4. The highest BCUT2D eigenvalue weighted by atomic mass is 32.1. The van der Waals surface area contributed by atoms with Crippen molar-refractivity contribution in [1.29, 1.82) is 0 Å². The van der Waals surface area contributed by atoms with Crippen molar-refractivity contribution in [3.63, 3.8) is 0 Å². The highest BCUT2D eigenvalue weighted by Crippen LogP contribution is 2.30. The number of pyridine rings is 1. The van der Waals surface area contributed by atoms with Crippen LogP contribution in [-0.4, -0.2) is 60.0 Å². The Hall–Kier alpha value is -1.73. The molecule has 0 spiro atoms. The van der Waals surface area contributed by atoms with Gasteiger partial charge in [0.05, 0.1) is 0 Å². The molecule has 1 aliphatic heterocycles. The number of anilines is 1. The lowest BCUT2D eigenvalue weighted by atomic mass is 9.96. The number of piperidine rings is 1. The van der Waals surface area contributed by atoms with Gasteiger partial charge < -0.3 is 15.1 Å². The smallest absolute Gasteiger partial charge is 0.223 e. The van der Waals surface area contributed by atoms with Crippen molar-refractivity contribution < 1.29 is 4.79 Å². The quantitative estimate of drug-likeness (QED) is 0.615. The third-order valence-corrected chi connectivity index (χ3v) is 6.56. The van der Waals surface area contributed by atoms with Crippen molar-refractivity contribution in [2.24, 2.45) is 5.92 Å². The standard InChI is InChI=1S/C21H33N5OS/c1-3-5-13-25(4-2)14-7-12-22-19(27)17-9-15-26(16-10-17)21-24-18-8-6-11-23-20(18)28-21/h6,8,11,17H,3-5,7,9-10,12-16H2,1-2H3,(H,22,27). The third-order valence-electron chi connectivity index (χ3n) is 5.52. The molecule has 3 heterocycles. The topological polar surface area (TPSA) is 61.4 Å². The Bertz CT molecular complexity index is 708. The minimum atomic E-state index is 0.131. The van der Waals surface area contributed by atoms with Gasteiger partial charge >= 0.3 is 0 Å².